The van der Waals surface area contributed by atoms with Crippen molar-refractivity contribution in [1.82, 2.24) is 10.6 Å². The van der Waals surface area contributed by atoms with E-state index in [1.54, 1.807) is 0 Å². The first kappa shape index (κ1) is 16.6. The lowest BCUT2D eigenvalue weighted by molar-refractivity contribution is 0.172. The average Bonchev–Trinajstić information content (AvgIpc) is 2.53. The minimum Gasteiger partial charge on any atom is -0.387 e. The maximum absolute atomic E-state index is 11.9. The molecule has 0 spiro atoms. The Morgan fingerprint density at radius 1 is 1.23 bits per heavy atom. The van der Waals surface area contributed by atoms with Gasteiger partial charge in [-0.3, -0.25) is 0 Å². The highest BCUT2D eigenvalue weighted by Crippen LogP contribution is 2.18. The number of urea groups is 1. The van der Waals surface area contributed by atoms with Gasteiger partial charge in [-0.15, -0.1) is 0 Å². The third-order valence-corrected chi connectivity index (χ3v) is 4.19. The fourth-order valence-electron chi connectivity index (χ4n) is 2.79. The van der Waals surface area contributed by atoms with E-state index in [0.29, 0.717) is 0 Å². The molecular weight excluding hydrogens is 278 g/mol. The minimum atomic E-state index is -0.687. The van der Waals surface area contributed by atoms with Gasteiger partial charge in [0.1, 0.15) is 0 Å². The van der Waals surface area contributed by atoms with Crippen molar-refractivity contribution in [3.63, 3.8) is 0 Å². The van der Waals surface area contributed by atoms with Crippen molar-refractivity contribution < 1.29 is 9.90 Å². The zero-order valence-corrected chi connectivity index (χ0v) is 13.5. The molecule has 0 aromatic heterocycles. The van der Waals surface area contributed by atoms with Gasteiger partial charge in [0.2, 0.25) is 0 Å². The predicted molar refractivity (Wildman–Crippen MR) is 89.1 cm³/mol. The number of hydrogen-bond donors (Lipinski definition) is 3. The number of aliphatic hydroxyl groups is 1. The Bertz CT molecular complexity index is 467. The minimum absolute atomic E-state index is 0.184. The predicted octanol–water partition coefficient (Wildman–Crippen LogP) is 2.42. The maximum Gasteiger partial charge on any atom is 0.315 e. The van der Waals surface area contributed by atoms with E-state index in [2.05, 4.69) is 10.6 Å². The van der Waals surface area contributed by atoms with Crippen LogP contribution in [0.4, 0.5) is 10.5 Å². The second-order valence-corrected chi connectivity index (χ2v) is 6.19. The molecule has 1 fully saturated rings. The normalized spacial score (nSPS) is 16.9. The number of carbonyl (C=O) groups excluding carboxylic acids is 1. The van der Waals surface area contributed by atoms with E-state index < -0.39 is 6.10 Å². The van der Waals surface area contributed by atoms with Gasteiger partial charge >= 0.3 is 6.03 Å². The summed E-state index contributed by atoms with van der Waals surface area (Å²) < 4.78 is 0. The Kier molecular flexibility index (Phi) is 6.07. The van der Waals surface area contributed by atoms with Crippen molar-refractivity contribution in [1.29, 1.82) is 0 Å². The summed E-state index contributed by atoms with van der Waals surface area (Å²) >= 11 is 0. The molecule has 5 heteroatoms. The summed E-state index contributed by atoms with van der Waals surface area (Å²) in [4.78, 5) is 13.9. The van der Waals surface area contributed by atoms with E-state index in [9.17, 15) is 9.90 Å². The molecule has 1 atom stereocenters. The molecule has 1 aromatic carbocycles. The van der Waals surface area contributed by atoms with Crippen LogP contribution < -0.4 is 15.5 Å². The molecule has 1 unspecified atom stereocenters. The lowest BCUT2D eigenvalue weighted by Crippen LogP contribution is -2.44. The molecule has 122 valence electrons. The zero-order valence-electron chi connectivity index (χ0n) is 13.5. The van der Waals surface area contributed by atoms with Gasteiger partial charge in [0.15, 0.2) is 0 Å². The molecule has 22 heavy (non-hydrogen) atoms. The zero-order chi connectivity index (χ0) is 15.9. The van der Waals surface area contributed by atoms with Crippen molar-refractivity contribution in [2.75, 3.05) is 25.5 Å². The van der Waals surface area contributed by atoms with Crippen LogP contribution in [0.25, 0.3) is 0 Å². The van der Waals surface area contributed by atoms with Crippen molar-refractivity contribution >= 4 is 11.7 Å². The lowest BCUT2D eigenvalue weighted by atomic mass is 9.96. The Morgan fingerprint density at radius 3 is 2.45 bits per heavy atom. The van der Waals surface area contributed by atoms with Crippen LogP contribution in [0, 0.1) is 0 Å². The van der Waals surface area contributed by atoms with Gasteiger partial charge < -0.3 is 20.6 Å². The van der Waals surface area contributed by atoms with E-state index in [-0.39, 0.29) is 18.6 Å². The fraction of sp³-hybridized carbons (Fsp3) is 0.588. The molecule has 1 aliphatic rings. The molecule has 0 bridgehead atoms. The maximum atomic E-state index is 11.9. The molecule has 1 aliphatic carbocycles. The second-order valence-electron chi connectivity index (χ2n) is 6.19. The number of benzene rings is 1. The number of carbonyl (C=O) groups is 1. The van der Waals surface area contributed by atoms with Gasteiger partial charge in [-0.1, -0.05) is 31.4 Å². The van der Waals surface area contributed by atoms with Gasteiger partial charge in [-0.2, -0.15) is 0 Å². The molecule has 0 radical (unpaired) electrons. The fourth-order valence-corrected chi connectivity index (χ4v) is 2.79. The molecular formula is C17H27N3O2. The summed E-state index contributed by atoms with van der Waals surface area (Å²) in [5.74, 6) is 0. The Morgan fingerprint density at radius 2 is 1.86 bits per heavy atom. The molecule has 5 nitrogen and oxygen atoms in total. The highest BCUT2D eigenvalue weighted by Gasteiger charge is 2.16. The van der Waals surface area contributed by atoms with Gasteiger partial charge in [-0.05, 0) is 30.5 Å². The standard InChI is InChI=1S/C17H27N3O2/c1-20(2)15-10-8-13(9-11-15)16(21)12-18-17(22)19-14-6-4-3-5-7-14/h8-11,14,16,21H,3-7,12H2,1-2H3,(H2,18,19,22). The van der Waals surface area contributed by atoms with Crippen LogP contribution in [0.15, 0.2) is 24.3 Å². The first-order valence-corrected chi connectivity index (χ1v) is 8.06. The van der Waals surface area contributed by atoms with Crippen LogP contribution in [0.1, 0.15) is 43.8 Å². The Labute approximate surface area is 132 Å². The molecule has 2 amide bonds. The van der Waals surface area contributed by atoms with Crippen LogP contribution >= 0.6 is 0 Å². The van der Waals surface area contributed by atoms with E-state index in [1.165, 1.54) is 19.3 Å². The summed E-state index contributed by atoms with van der Waals surface area (Å²) in [7, 11) is 3.95. The second kappa shape index (κ2) is 8.03. The van der Waals surface area contributed by atoms with Crippen LogP contribution in [0.2, 0.25) is 0 Å². The van der Waals surface area contributed by atoms with Gasteiger partial charge in [-0.25, -0.2) is 4.79 Å². The van der Waals surface area contributed by atoms with Crippen molar-refractivity contribution in [2.24, 2.45) is 0 Å². The molecule has 0 saturated heterocycles. The van der Waals surface area contributed by atoms with Crippen molar-refractivity contribution in [3.8, 4) is 0 Å². The van der Waals surface area contributed by atoms with Crippen molar-refractivity contribution in [2.45, 2.75) is 44.2 Å². The van der Waals surface area contributed by atoms with Crippen LogP contribution in [0.5, 0.6) is 0 Å². The smallest absolute Gasteiger partial charge is 0.315 e. The van der Waals surface area contributed by atoms with Crippen LogP contribution in [-0.2, 0) is 0 Å². The first-order chi connectivity index (χ1) is 10.6. The van der Waals surface area contributed by atoms with Crippen LogP contribution in [-0.4, -0.2) is 37.8 Å². The number of rotatable bonds is 5. The van der Waals surface area contributed by atoms with Gasteiger partial charge in [0.25, 0.3) is 0 Å². The largest absolute Gasteiger partial charge is 0.387 e. The third-order valence-electron chi connectivity index (χ3n) is 4.19. The quantitative estimate of drug-likeness (QED) is 0.783. The molecule has 3 N–H and O–H groups in total. The molecule has 2 rings (SSSR count). The summed E-state index contributed by atoms with van der Waals surface area (Å²) in [6, 6.07) is 7.80. The molecule has 1 aromatic rings. The average molecular weight is 305 g/mol. The summed E-state index contributed by atoms with van der Waals surface area (Å²) in [5, 5.41) is 15.9. The number of aliphatic hydroxyl groups excluding tert-OH is 1. The SMILES string of the molecule is CN(C)c1ccc(C(O)CNC(=O)NC2CCCCC2)cc1. The molecule has 1 saturated carbocycles. The van der Waals surface area contributed by atoms with Crippen LogP contribution in [0.3, 0.4) is 0 Å². The Hall–Kier alpha value is -1.75. The van der Waals surface area contributed by atoms with Gasteiger partial charge in [0.05, 0.1) is 6.10 Å². The highest BCUT2D eigenvalue weighted by molar-refractivity contribution is 5.74. The highest BCUT2D eigenvalue weighted by atomic mass is 16.3. The molecule has 0 heterocycles. The number of amides is 2. The first-order valence-electron chi connectivity index (χ1n) is 8.06. The summed E-state index contributed by atoms with van der Waals surface area (Å²) in [6.07, 6.45) is 5.07. The van der Waals surface area contributed by atoms with Crippen molar-refractivity contribution in [3.05, 3.63) is 29.8 Å². The number of anilines is 1. The van der Waals surface area contributed by atoms with Gasteiger partial charge in [0, 0.05) is 32.4 Å². The van der Waals surface area contributed by atoms with E-state index in [4.69, 9.17) is 0 Å². The van der Waals surface area contributed by atoms with E-state index in [0.717, 1.165) is 24.1 Å². The topological polar surface area (TPSA) is 64.6 Å². The molecule has 0 aliphatic heterocycles. The number of nitrogens with one attached hydrogen (secondary N) is 2. The summed E-state index contributed by atoms with van der Waals surface area (Å²) in [5.41, 5.74) is 1.89. The number of hydrogen-bond acceptors (Lipinski definition) is 3. The lowest BCUT2D eigenvalue weighted by Gasteiger charge is -2.23. The Balaban J connectivity index is 1.76. The number of nitrogens with zero attached hydrogens (tertiary/aromatic N) is 1. The third kappa shape index (κ3) is 4.91. The van der Waals surface area contributed by atoms with E-state index in [1.807, 2.05) is 43.3 Å². The van der Waals surface area contributed by atoms with E-state index >= 15 is 0 Å². The summed E-state index contributed by atoms with van der Waals surface area (Å²) in [6.45, 7) is 0.222. The monoisotopic (exact) mass is 305 g/mol.